The topological polar surface area (TPSA) is 23.6 Å². The number of rotatable bonds is 4. The Morgan fingerprint density at radius 3 is 2.43 bits per heavy atom. The highest BCUT2D eigenvalue weighted by Gasteiger charge is 2.45. The zero-order valence-corrected chi connectivity index (χ0v) is 16.4. The summed E-state index contributed by atoms with van der Waals surface area (Å²) in [5.74, 6) is -0.0429. The highest BCUT2D eigenvalue weighted by atomic mass is 19.1. The number of hydrogen-bond donors (Lipinski definition) is 0. The third kappa shape index (κ3) is 3.97. The van der Waals surface area contributed by atoms with E-state index in [0.29, 0.717) is 0 Å². The van der Waals surface area contributed by atoms with Gasteiger partial charge in [0.1, 0.15) is 5.82 Å². The minimum absolute atomic E-state index is 0.206. The zero-order valence-electron chi connectivity index (χ0n) is 16.4. The molecule has 0 aromatic heterocycles. The second-order valence-corrected chi connectivity index (χ2v) is 8.21. The van der Waals surface area contributed by atoms with Crippen molar-refractivity contribution in [2.75, 3.05) is 26.2 Å². The van der Waals surface area contributed by atoms with Crippen molar-refractivity contribution in [3.8, 4) is 0 Å². The molecular formula is C24H29FN2O. The summed E-state index contributed by atoms with van der Waals surface area (Å²) in [5, 5.41) is 0. The van der Waals surface area contributed by atoms with Crippen molar-refractivity contribution < 1.29 is 9.18 Å². The number of nitrogens with zero attached hydrogens (tertiary/aromatic N) is 2. The summed E-state index contributed by atoms with van der Waals surface area (Å²) >= 11 is 0. The molecule has 2 aromatic carbocycles. The Morgan fingerprint density at radius 2 is 1.68 bits per heavy atom. The Hall–Kier alpha value is -2.20. The first-order valence-corrected chi connectivity index (χ1v) is 10.5. The molecule has 4 rings (SSSR count). The van der Waals surface area contributed by atoms with Gasteiger partial charge in [-0.05, 0) is 42.5 Å². The fraction of sp³-hybridized carbons (Fsp3) is 0.458. The van der Waals surface area contributed by atoms with Crippen LogP contribution in [-0.4, -0.2) is 41.9 Å². The van der Waals surface area contributed by atoms with Crippen LogP contribution in [0.3, 0.4) is 0 Å². The quantitative estimate of drug-likeness (QED) is 0.786. The normalized spacial score (nSPS) is 20.1. The molecule has 0 unspecified atom stereocenters. The molecule has 2 aliphatic rings. The van der Waals surface area contributed by atoms with E-state index in [9.17, 15) is 9.18 Å². The molecule has 2 aromatic rings. The second kappa shape index (κ2) is 8.44. The van der Waals surface area contributed by atoms with Gasteiger partial charge in [0.2, 0.25) is 5.91 Å². The lowest BCUT2D eigenvalue weighted by atomic mass is 9.77. The van der Waals surface area contributed by atoms with Gasteiger partial charge < -0.3 is 4.90 Å². The average molecular weight is 381 g/mol. The molecule has 3 nitrogen and oxygen atoms in total. The Morgan fingerprint density at radius 1 is 0.893 bits per heavy atom. The maximum absolute atomic E-state index is 13.9. The summed E-state index contributed by atoms with van der Waals surface area (Å²) in [6, 6.07) is 17.2. The van der Waals surface area contributed by atoms with Crippen LogP contribution in [0.2, 0.25) is 0 Å². The van der Waals surface area contributed by atoms with Crippen LogP contribution in [-0.2, 0) is 16.8 Å². The Balaban J connectivity index is 1.48. The second-order valence-electron chi connectivity index (χ2n) is 8.21. The fourth-order valence-electron chi connectivity index (χ4n) is 4.87. The lowest BCUT2D eigenvalue weighted by Gasteiger charge is -2.34. The van der Waals surface area contributed by atoms with Crippen LogP contribution in [0.25, 0.3) is 0 Å². The van der Waals surface area contributed by atoms with Gasteiger partial charge in [-0.2, -0.15) is 0 Å². The van der Waals surface area contributed by atoms with Crippen LogP contribution < -0.4 is 0 Å². The van der Waals surface area contributed by atoms with E-state index in [1.54, 1.807) is 12.1 Å². The fourth-order valence-corrected chi connectivity index (χ4v) is 4.87. The van der Waals surface area contributed by atoms with Crippen LogP contribution in [0.1, 0.15) is 43.2 Å². The van der Waals surface area contributed by atoms with E-state index < -0.39 is 5.41 Å². The van der Waals surface area contributed by atoms with Crippen molar-refractivity contribution in [3.05, 3.63) is 71.5 Å². The van der Waals surface area contributed by atoms with E-state index >= 15 is 0 Å². The van der Waals surface area contributed by atoms with Crippen molar-refractivity contribution in [2.24, 2.45) is 0 Å². The first-order valence-electron chi connectivity index (χ1n) is 10.5. The molecule has 28 heavy (non-hydrogen) atoms. The molecule has 0 bridgehead atoms. The lowest BCUT2D eigenvalue weighted by Crippen LogP contribution is -2.47. The number of benzene rings is 2. The molecule has 1 aliphatic carbocycles. The third-order valence-electron chi connectivity index (χ3n) is 6.37. The van der Waals surface area contributed by atoms with Crippen LogP contribution in [0, 0.1) is 5.82 Å². The number of carbonyl (C=O) groups is 1. The van der Waals surface area contributed by atoms with Gasteiger partial charge in [0.25, 0.3) is 0 Å². The first-order chi connectivity index (χ1) is 13.7. The highest BCUT2D eigenvalue weighted by molar-refractivity contribution is 5.88. The Labute approximate surface area is 167 Å². The van der Waals surface area contributed by atoms with Crippen LogP contribution >= 0.6 is 0 Å². The molecule has 1 aliphatic heterocycles. The van der Waals surface area contributed by atoms with Crippen LogP contribution in [0.15, 0.2) is 54.6 Å². The summed E-state index contributed by atoms with van der Waals surface area (Å²) in [7, 11) is 0. The molecule has 148 valence electrons. The van der Waals surface area contributed by atoms with Crippen molar-refractivity contribution in [2.45, 2.75) is 44.1 Å². The van der Waals surface area contributed by atoms with E-state index in [4.69, 9.17) is 0 Å². The molecular weight excluding hydrogens is 351 g/mol. The third-order valence-corrected chi connectivity index (χ3v) is 6.37. The standard InChI is InChI=1S/C24H29FN2O/c25-22-11-6-10-21(18-22)24(12-4-5-13-24)23(28)27-15-7-14-26(16-17-27)19-20-8-2-1-3-9-20/h1-3,6,8-11,18H,4-5,7,12-17,19H2. The van der Waals surface area contributed by atoms with Crippen LogP contribution in [0.4, 0.5) is 4.39 Å². The Bertz CT molecular complexity index is 801. The van der Waals surface area contributed by atoms with E-state index in [1.807, 2.05) is 17.0 Å². The average Bonchev–Trinajstić information content (AvgIpc) is 3.11. The molecule has 1 heterocycles. The molecule has 0 atom stereocenters. The molecule has 1 amide bonds. The predicted octanol–water partition coefficient (Wildman–Crippen LogP) is 4.37. The Kier molecular flexibility index (Phi) is 5.77. The summed E-state index contributed by atoms with van der Waals surface area (Å²) in [6.07, 6.45) is 4.73. The predicted molar refractivity (Wildman–Crippen MR) is 109 cm³/mol. The van der Waals surface area contributed by atoms with Crippen molar-refractivity contribution in [3.63, 3.8) is 0 Å². The van der Waals surface area contributed by atoms with E-state index in [1.165, 1.54) is 11.6 Å². The van der Waals surface area contributed by atoms with Gasteiger partial charge >= 0.3 is 0 Å². The molecule has 1 saturated heterocycles. The number of amides is 1. The van der Waals surface area contributed by atoms with Crippen LogP contribution in [0.5, 0.6) is 0 Å². The lowest BCUT2D eigenvalue weighted by molar-refractivity contribution is -0.137. The van der Waals surface area contributed by atoms with Crippen molar-refractivity contribution in [1.29, 1.82) is 0 Å². The highest BCUT2D eigenvalue weighted by Crippen LogP contribution is 2.43. The maximum atomic E-state index is 13.9. The molecule has 0 N–H and O–H groups in total. The summed E-state index contributed by atoms with van der Waals surface area (Å²) < 4.78 is 13.9. The monoisotopic (exact) mass is 380 g/mol. The van der Waals surface area contributed by atoms with Crippen molar-refractivity contribution >= 4 is 5.91 Å². The summed E-state index contributed by atoms with van der Waals surface area (Å²) in [4.78, 5) is 18.1. The molecule has 4 heteroatoms. The van der Waals surface area contributed by atoms with Gasteiger partial charge in [-0.25, -0.2) is 4.39 Å². The smallest absolute Gasteiger partial charge is 0.233 e. The molecule has 2 fully saturated rings. The van der Waals surface area contributed by atoms with Crippen molar-refractivity contribution in [1.82, 2.24) is 9.80 Å². The first kappa shape index (κ1) is 19.1. The maximum Gasteiger partial charge on any atom is 0.233 e. The van der Waals surface area contributed by atoms with Gasteiger partial charge in [0.05, 0.1) is 5.41 Å². The van der Waals surface area contributed by atoms with E-state index in [2.05, 4.69) is 29.2 Å². The summed E-state index contributed by atoms with van der Waals surface area (Å²) in [6.45, 7) is 4.37. The summed E-state index contributed by atoms with van der Waals surface area (Å²) in [5.41, 5.74) is 1.64. The van der Waals surface area contributed by atoms with E-state index in [-0.39, 0.29) is 11.7 Å². The minimum atomic E-state index is -0.531. The van der Waals surface area contributed by atoms with Gasteiger partial charge in [0.15, 0.2) is 0 Å². The molecule has 1 saturated carbocycles. The van der Waals surface area contributed by atoms with E-state index in [0.717, 1.165) is 70.4 Å². The number of halogens is 1. The largest absolute Gasteiger partial charge is 0.341 e. The van der Waals surface area contributed by atoms with Gasteiger partial charge in [-0.3, -0.25) is 9.69 Å². The number of carbonyl (C=O) groups excluding carboxylic acids is 1. The molecule has 0 spiro atoms. The van der Waals surface area contributed by atoms with Gasteiger partial charge in [-0.15, -0.1) is 0 Å². The number of hydrogen-bond acceptors (Lipinski definition) is 2. The molecule has 0 radical (unpaired) electrons. The zero-order chi connectivity index (χ0) is 19.4. The SMILES string of the molecule is O=C(N1CCCN(Cc2ccccc2)CC1)C1(c2cccc(F)c2)CCCC1. The van der Waals surface area contributed by atoms with Gasteiger partial charge in [0, 0.05) is 32.7 Å². The minimum Gasteiger partial charge on any atom is -0.341 e. The van der Waals surface area contributed by atoms with Gasteiger partial charge in [-0.1, -0.05) is 55.3 Å².